The molecule has 6 nitrogen and oxygen atoms in total. The summed E-state index contributed by atoms with van der Waals surface area (Å²) in [5, 5.41) is 12.3. The molecule has 2 heterocycles. The Labute approximate surface area is 163 Å². The first kappa shape index (κ1) is 19.9. The average Bonchev–Trinajstić information content (AvgIpc) is 2.67. The molecule has 0 spiro atoms. The standard InChI is InChI=1S/C21H24FN3O3/c1-13-6-7-18(9-23-13)24-20(26)16-8-17(21(27)28)12-25(11-16)10-15-4-3-5-19(22)14(15)2/h3-7,9,16-17H,8,10-12H2,1-2H3,(H,24,26)(H,27,28)/t16-,17-/m0/s1. The lowest BCUT2D eigenvalue weighted by molar-refractivity contribution is -0.145. The number of piperidine rings is 1. The second kappa shape index (κ2) is 8.48. The molecule has 0 saturated carbocycles. The highest BCUT2D eigenvalue weighted by Crippen LogP contribution is 2.26. The van der Waals surface area contributed by atoms with E-state index >= 15 is 0 Å². The van der Waals surface area contributed by atoms with Crippen LogP contribution in [0.25, 0.3) is 0 Å². The van der Waals surface area contributed by atoms with Gasteiger partial charge in [-0.25, -0.2) is 4.39 Å². The van der Waals surface area contributed by atoms with Gasteiger partial charge in [-0.05, 0) is 49.6 Å². The molecule has 1 aromatic heterocycles. The summed E-state index contributed by atoms with van der Waals surface area (Å²) in [6, 6.07) is 8.45. The summed E-state index contributed by atoms with van der Waals surface area (Å²) in [5.74, 6) is -2.54. The van der Waals surface area contributed by atoms with Crippen molar-refractivity contribution in [1.29, 1.82) is 0 Å². The van der Waals surface area contributed by atoms with Crippen molar-refractivity contribution < 1.29 is 19.1 Å². The SMILES string of the molecule is Cc1ccc(NC(=O)[C@H]2C[C@H](C(=O)O)CN(Cc3cccc(F)c3C)C2)cn1. The van der Waals surface area contributed by atoms with Gasteiger partial charge in [0.1, 0.15) is 5.82 Å². The van der Waals surface area contributed by atoms with E-state index in [0.29, 0.717) is 30.9 Å². The van der Waals surface area contributed by atoms with Crippen LogP contribution in [0, 0.1) is 31.5 Å². The lowest BCUT2D eigenvalue weighted by Crippen LogP contribution is -2.46. The summed E-state index contributed by atoms with van der Waals surface area (Å²) in [7, 11) is 0. The van der Waals surface area contributed by atoms with Crippen molar-refractivity contribution in [3.05, 3.63) is 59.2 Å². The van der Waals surface area contributed by atoms with Crippen molar-refractivity contribution in [3.8, 4) is 0 Å². The van der Waals surface area contributed by atoms with Gasteiger partial charge in [0.15, 0.2) is 0 Å². The van der Waals surface area contributed by atoms with E-state index in [4.69, 9.17) is 0 Å². The molecule has 1 aliphatic heterocycles. The van der Waals surface area contributed by atoms with Crippen molar-refractivity contribution >= 4 is 17.6 Å². The first-order valence-electron chi connectivity index (χ1n) is 9.26. The van der Waals surface area contributed by atoms with Gasteiger partial charge in [-0.15, -0.1) is 0 Å². The Bertz CT molecular complexity index is 870. The van der Waals surface area contributed by atoms with E-state index in [9.17, 15) is 19.1 Å². The molecule has 0 aliphatic carbocycles. The number of rotatable bonds is 5. The summed E-state index contributed by atoms with van der Waals surface area (Å²) in [5.41, 5.74) is 2.78. The topological polar surface area (TPSA) is 82.5 Å². The molecule has 0 unspecified atom stereocenters. The van der Waals surface area contributed by atoms with E-state index in [0.717, 1.165) is 11.3 Å². The number of aryl methyl sites for hydroxylation is 1. The Morgan fingerprint density at radius 2 is 1.96 bits per heavy atom. The number of hydrogen-bond acceptors (Lipinski definition) is 4. The van der Waals surface area contributed by atoms with Crippen LogP contribution < -0.4 is 5.32 Å². The Balaban J connectivity index is 1.73. The van der Waals surface area contributed by atoms with Crippen molar-refractivity contribution in [2.75, 3.05) is 18.4 Å². The summed E-state index contributed by atoms with van der Waals surface area (Å²) >= 11 is 0. The highest BCUT2D eigenvalue weighted by Gasteiger charge is 2.35. The molecular weight excluding hydrogens is 361 g/mol. The lowest BCUT2D eigenvalue weighted by Gasteiger charge is -2.35. The number of halogens is 1. The normalized spacial score (nSPS) is 20.0. The van der Waals surface area contributed by atoms with Crippen LogP contribution >= 0.6 is 0 Å². The van der Waals surface area contributed by atoms with Gasteiger partial charge in [-0.2, -0.15) is 0 Å². The molecule has 2 N–H and O–H groups in total. The van der Waals surface area contributed by atoms with Crippen LogP contribution in [0.4, 0.5) is 10.1 Å². The maximum absolute atomic E-state index is 13.8. The fraction of sp³-hybridized carbons (Fsp3) is 0.381. The monoisotopic (exact) mass is 385 g/mol. The van der Waals surface area contributed by atoms with E-state index in [1.54, 1.807) is 31.3 Å². The molecular formula is C21H24FN3O3. The molecule has 1 saturated heterocycles. The third-order valence-corrected chi connectivity index (χ3v) is 5.20. The predicted octanol–water partition coefficient (Wildman–Crippen LogP) is 3.00. The maximum atomic E-state index is 13.8. The molecule has 2 aromatic rings. The first-order chi connectivity index (χ1) is 13.3. The number of likely N-dealkylation sites (tertiary alicyclic amines) is 1. The van der Waals surface area contributed by atoms with Gasteiger partial charge in [0.25, 0.3) is 0 Å². The minimum absolute atomic E-state index is 0.224. The third-order valence-electron chi connectivity index (χ3n) is 5.20. The second-order valence-corrected chi connectivity index (χ2v) is 7.36. The Hall–Kier alpha value is -2.80. The minimum Gasteiger partial charge on any atom is -0.481 e. The molecule has 2 atom stereocenters. The van der Waals surface area contributed by atoms with E-state index in [2.05, 4.69) is 10.3 Å². The molecule has 0 radical (unpaired) electrons. The molecule has 7 heteroatoms. The zero-order chi connectivity index (χ0) is 20.3. The van der Waals surface area contributed by atoms with Crippen LogP contribution in [-0.2, 0) is 16.1 Å². The highest BCUT2D eigenvalue weighted by atomic mass is 19.1. The number of amides is 1. The van der Waals surface area contributed by atoms with Crippen LogP contribution in [0.2, 0.25) is 0 Å². The highest BCUT2D eigenvalue weighted by molar-refractivity contribution is 5.93. The van der Waals surface area contributed by atoms with Crippen molar-refractivity contribution in [2.45, 2.75) is 26.8 Å². The minimum atomic E-state index is -0.921. The molecule has 1 fully saturated rings. The molecule has 1 aliphatic rings. The van der Waals surface area contributed by atoms with Gasteiger partial charge >= 0.3 is 5.97 Å². The summed E-state index contributed by atoms with van der Waals surface area (Å²) in [6.07, 6.45) is 1.86. The zero-order valence-electron chi connectivity index (χ0n) is 16.0. The van der Waals surface area contributed by atoms with Crippen molar-refractivity contribution in [3.63, 3.8) is 0 Å². The number of carboxylic acid groups (broad SMARTS) is 1. The molecule has 1 amide bonds. The van der Waals surface area contributed by atoms with Crippen molar-refractivity contribution in [1.82, 2.24) is 9.88 Å². The number of nitrogens with zero attached hydrogens (tertiary/aromatic N) is 2. The number of anilines is 1. The smallest absolute Gasteiger partial charge is 0.307 e. The van der Waals surface area contributed by atoms with Crippen LogP contribution in [0.15, 0.2) is 36.5 Å². The van der Waals surface area contributed by atoms with E-state index in [1.807, 2.05) is 17.9 Å². The number of hydrogen-bond donors (Lipinski definition) is 2. The quantitative estimate of drug-likeness (QED) is 0.827. The first-order valence-corrected chi connectivity index (χ1v) is 9.26. The van der Waals surface area contributed by atoms with Crippen molar-refractivity contribution in [2.24, 2.45) is 11.8 Å². The molecule has 3 rings (SSSR count). The van der Waals surface area contributed by atoms with Crippen LogP contribution in [0.5, 0.6) is 0 Å². The number of aromatic nitrogens is 1. The Kier molecular flexibility index (Phi) is 6.04. The lowest BCUT2D eigenvalue weighted by atomic mass is 9.88. The molecule has 0 bridgehead atoms. The maximum Gasteiger partial charge on any atom is 0.307 e. The van der Waals surface area contributed by atoms with Gasteiger partial charge in [-0.3, -0.25) is 19.5 Å². The largest absolute Gasteiger partial charge is 0.481 e. The summed E-state index contributed by atoms with van der Waals surface area (Å²) in [6.45, 7) is 4.73. The van der Waals surface area contributed by atoms with Gasteiger partial charge in [0.2, 0.25) is 5.91 Å². The number of aliphatic carboxylic acids is 1. The molecule has 28 heavy (non-hydrogen) atoms. The second-order valence-electron chi connectivity index (χ2n) is 7.36. The zero-order valence-corrected chi connectivity index (χ0v) is 16.0. The fourth-order valence-electron chi connectivity index (χ4n) is 3.54. The van der Waals surface area contributed by atoms with Gasteiger partial charge in [0, 0.05) is 25.3 Å². The summed E-state index contributed by atoms with van der Waals surface area (Å²) < 4.78 is 13.8. The predicted molar refractivity (Wildman–Crippen MR) is 103 cm³/mol. The van der Waals surface area contributed by atoms with Gasteiger partial charge in [0.05, 0.1) is 23.7 Å². The Morgan fingerprint density at radius 3 is 2.64 bits per heavy atom. The summed E-state index contributed by atoms with van der Waals surface area (Å²) in [4.78, 5) is 30.4. The number of carbonyl (C=O) groups excluding carboxylic acids is 1. The Morgan fingerprint density at radius 1 is 1.21 bits per heavy atom. The number of carboxylic acids is 1. The van der Waals surface area contributed by atoms with Crippen LogP contribution in [0.1, 0.15) is 23.2 Å². The van der Waals surface area contributed by atoms with Gasteiger partial charge < -0.3 is 10.4 Å². The molecule has 148 valence electrons. The van der Waals surface area contributed by atoms with Crippen LogP contribution in [0.3, 0.4) is 0 Å². The molecule has 1 aromatic carbocycles. The third kappa shape index (κ3) is 4.72. The fourth-order valence-corrected chi connectivity index (χ4v) is 3.54. The number of carbonyl (C=O) groups is 2. The van der Waals surface area contributed by atoms with E-state index in [-0.39, 0.29) is 18.1 Å². The van der Waals surface area contributed by atoms with Crippen LogP contribution in [-0.4, -0.2) is 40.0 Å². The van der Waals surface area contributed by atoms with Gasteiger partial charge in [-0.1, -0.05) is 12.1 Å². The van der Waals surface area contributed by atoms with E-state index in [1.165, 1.54) is 6.07 Å². The number of nitrogens with one attached hydrogen (secondary N) is 1. The number of pyridine rings is 1. The number of benzene rings is 1. The van der Waals surface area contributed by atoms with E-state index < -0.39 is 17.8 Å². The average molecular weight is 385 g/mol.